The molecule has 1 N–H and O–H groups in total. The molecule has 1 amide bonds. The predicted molar refractivity (Wildman–Crippen MR) is 98.8 cm³/mol. The second-order valence-electron chi connectivity index (χ2n) is 4.50. The summed E-state index contributed by atoms with van der Waals surface area (Å²) < 4.78 is 3.12. The Kier molecular flexibility index (Phi) is 5.21. The molecule has 0 fully saturated rings. The van der Waals surface area contributed by atoms with Gasteiger partial charge in [-0.05, 0) is 12.2 Å². The molecule has 0 unspecified atom stereocenters. The normalized spacial score (nSPS) is 10.7. The molecule has 3 aromatic rings. The summed E-state index contributed by atoms with van der Waals surface area (Å²) in [5.74, 6) is 0.176. The van der Waals surface area contributed by atoms with Crippen molar-refractivity contribution in [3.63, 3.8) is 0 Å². The summed E-state index contributed by atoms with van der Waals surface area (Å²) in [4.78, 5) is 16.4. The highest BCUT2D eigenvalue weighted by Gasteiger charge is 2.10. The summed E-state index contributed by atoms with van der Waals surface area (Å²) >= 11 is 9.29. The fourth-order valence-corrected chi connectivity index (χ4v) is 4.55. The van der Waals surface area contributed by atoms with Crippen molar-refractivity contribution in [3.8, 4) is 11.3 Å². The van der Waals surface area contributed by atoms with Gasteiger partial charge >= 0.3 is 0 Å². The SMILES string of the molecule is Cn1nc(SCC(=O)Nc2nc(-c3ccccc3)cs2)sc1=S. The Morgan fingerprint density at radius 1 is 1.39 bits per heavy atom. The van der Waals surface area contributed by atoms with Crippen molar-refractivity contribution >= 4 is 57.7 Å². The maximum Gasteiger partial charge on any atom is 0.236 e. The van der Waals surface area contributed by atoms with E-state index < -0.39 is 0 Å². The lowest BCUT2D eigenvalue weighted by Gasteiger charge is -1.99. The second kappa shape index (κ2) is 7.35. The van der Waals surface area contributed by atoms with Crippen LogP contribution < -0.4 is 5.32 Å². The van der Waals surface area contributed by atoms with Crippen molar-refractivity contribution in [2.45, 2.75) is 4.34 Å². The number of nitrogens with zero attached hydrogens (tertiary/aromatic N) is 3. The Hall–Kier alpha value is -1.55. The van der Waals surface area contributed by atoms with Crippen molar-refractivity contribution in [3.05, 3.63) is 39.7 Å². The maximum atomic E-state index is 12.0. The first kappa shape index (κ1) is 16.3. The van der Waals surface area contributed by atoms with Gasteiger partial charge in [0.25, 0.3) is 0 Å². The maximum absolute atomic E-state index is 12.0. The van der Waals surface area contributed by atoms with E-state index in [4.69, 9.17) is 12.2 Å². The van der Waals surface area contributed by atoms with E-state index in [1.807, 2.05) is 35.7 Å². The molecule has 5 nitrogen and oxygen atoms in total. The fraction of sp³-hybridized carbons (Fsp3) is 0.143. The van der Waals surface area contributed by atoms with Crippen molar-refractivity contribution in [2.24, 2.45) is 7.05 Å². The number of thiazole rings is 1. The number of amides is 1. The van der Waals surface area contributed by atoms with Crippen LogP contribution in [0.1, 0.15) is 0 Å². The lowest BCUT2D eigenvalue weighted by molar-refractivity contribution is -0.113. The van der Waals surface area contributed by atoms with E-state index in [2.05, 4.69) is 15.4 Å². The van der Waals surface area contributed by atoms with Gasteiger partial charge < -0.3 is 5.32 Å². The van der Waals surface area contributed by atoms with Gasteiger partial charge in [0.1, 0.15) is 0 Å². The molecule has 23 heavy (non-hydrogen) atoms. The van der Waals surface area contributed by atoms with Crippen molar-refractivity contribution in [1.82, 2.24) is 14.8 Å². The van der Waals surface area contributed by atoms with Gasteiger partial charge in [-0.1, -0.05) is 53.4 Å². The van der Waals surface area contributed by atoms with Crippen molar-refractivity contribution < 1.29 is 4.79 Å². The molecule has 3 rings (SSSR count). The molecule has 0 aliphatic rings. The highest BCUT2D eigenvalue weighted by molar-refractivity contribution is 8.01. The lowest BCUT2D eigenvalue weighted by atomic mass is 10.2. The van der Waals surface area contributed by atoms with Gasteiger partial charge in [0.2, 0.25) is 5.91 Å². The molecule has 1 aromatic carbocycles. The van der Waals surface area contributed by atoms with Crippen molar-refractivity contribution in [1.29, 1.82) is 0 Å². The molecule has 9 heteroatoms. The Balaban J connectivity index is 1.58. The van der Waals surface area contributed by atoms with Gasteiger partial charge in [-0.3, -0.25) is 4.79 Å². The Bertz CT molecular complexity index is 868. The van der Waals surface area contributed by atoms with Crippen LogP contribution in [0.25, 0.3) is 11.3 Å². The number of carbonyl (C=O) groups excluding carboxylic acids is 1. The molecule has 0 saturated heterocycles. The van der Waals surface area contributed by atoms with Gasteiger partial charge in [0.05, 0.1) is 11.4 Å². The Morgan fingerprint density at radius 2 is 2.17 bits per heavy atom. The monoisotopic (exact) mass is 380 g/mol. The third-order valence-electron chi connectivity index (χ3n) is 2.82. The first-order valence-corrected chi connectivity index (χ1v) is 9.68. The first-order valence-electron chi connectivity index (χ1n) is 6.59. The fourth-order valence-electron chi connectivity index (χ4n) is 1.74. The second-order valence-corrected chi connectivity index (χ2v) is 8.20. The average Bonchev–Trinajstić information content (AvgIpc) is 3.13. The highest BCUT2D eigenvalue weighted by atomic mass is 32.2. The number of aryl methyl sites for hydroxylation is 1. The summed E-state index contributed by atoms with van der Waals surface area (Å²) in [5.41, 5.74) is 1.90. The smallest absolute Gasteiger partial charge is 0.236 e. The number of hydrogen-bond donors (Lipinski definition) is 1. The molecule has 0 aliphatic carbocycles. The minimum atomic E-state index is -0.104. The quantitative estimate of drug-likeness (QED) is 0.534. The number of carbonyl (C=O) groups is 1. The Morgan fingerprint density at radius 3 is 2.87 bits per heavy atom. The number of aromatic nitrogens is 3. The molecule has 118 valence electrons. The van der Waals surface area contributed by atoms with E-state index in [0.717, 1.165) is 15.6 Å². The summed E-state index contributed by atoms with van der Waals surface area (Å²) in [6, 6.07) is 9.87. The van der Waals surface area contributed by atoms with Crippen LogP contribution in [-0.2, 0) is 11.8 Å². The van der Waals surface area contributed by atoms with E-state index in [0.29, 0.717) is 9.09 Å². The van der Waals surface area contributed by atoms with Crippen LogP contribution in [-0.4, -0.2) is 26.4 Å². The zero-order chi connectivity index (χ0) is 16.2. The molecule has 0 bridgehead atoms. The van der Waals surface area contributed by atoms with E-state index >= 15 is 0 Å². The standard InChI is InChI=1S/C14H12N4OS4/c1-18-14(20)23-13(17-18)22-8-11(19)16-12-15-10(7-21-12)9-5-3-2-4-6-9/h2-7H,8H2,1H3,(H,15,16,19). The van der Waals surface area contributed by atoms with E-state index in [1.165, 1.54) is 34.4 Å². The molecular weight excluding hydrogens is 368 g/mol. The summed E-state index contributed by atoms with van der Waals surface area (Å²) in [5, 5.41) is 9.58. The van der Waals surface area contributed by atoms with Gasteiger partial charge in [0.15, 0.2) is 13.4 Å². The average molecular weight is 381 g/mol. The van der Waals surface area contributed by atoms with Crippen LogP contribution in [0.4, 0.5) is 5.13 Å². The minimum absolute atomic E-state index is 0.104. The third-order valence-corrected chi connectivity index (χ3v) is 6.12. The lowest BCUT2D eigenvalue weighted by Crippen LogP contribution is -2.13. The number of benzene rings is 1. The number of nitrogens with one attached hydrogen (secondary N) is 1. The number of hydrogen-bond acceptors (Lipinski definition) is 7. The summed E-state index contributed by atoms with van der Waals surface area (Å²) in [6.45, 7) is 0. The van der Waals surface area contributed by atoms with Gasteiger partial charge in [-0.15, -0.1) is 11.3 Å². The van der Waals surface area contributed by atoms with Crippen LogP contribution in [0.3, 0.4) is 0 Å². The summed E-state index contributed by atoms with van der Waals surface area (Å²) in [6.07, 6.45) is 0. The topological polar surface area (TPSA) is 59.8 Å². The van der Waals surface area contributed by atoms with Crippen LogP contribution in [0, 0.1) is 3.95 Å². The van der Waals surface area contributed by atoms with E-state index in [1.54, 1.807) is 11.7 Å². The van der Waals surface area contributed by atoms with Crippen LogP contribution in [0.15, 0.2) is 40.1 Å². The molecule has 2 aromatic heterocycles. The molecule has 0 atom stereocenters. The Labute approximate surface area is 150 Å². The molecule has 0 aliphatic heterocycles. The molecular formula is C14H12N4OS4. The van der Waals surface area contributed by atoms with Crippen molar-refractivity contribution in [2.75, 3.05) is 11.1 Å². The predicted octanol–water partition coefficient (Wildman–Crippen LogP) is 4.07. The van der Waals surface area contributed by atoms with Crippen LogP contribution in [0.5, 0.6) is 0 Å². The number of thioether (sulfide) groups is 1. The summed E-state index contributed by atoms with van der Waals surface area (Å²) in [7, 11) is 1.80. The third kappa shape index (κ3) is 4.25. The zero-order valence-corrected chi connectivity index (χ0v) is 15.3. The van der Waals surface area contributed by atoms with Gasteiger partial charge in [-0.25, -0.2) is 9.67 Å². The van der Waals surface area contributed by atoms with Crippen LogP contribution in [0.2, 0.25) is 0 Å². The first-order chi connectivity index (χ1) is 11.1. The number of anilines is 1. The molecule has 0 saturated carbocycles. The number of rotatable bonds is 5. The largest absolute Gasteiger partial charge is 0.301 e. The molecule has 0 spiro atoms. The molecule has 2 heterocycles. The van der Waals surface area contributed by atoms with E-state index in [9.17, 15) is 4.79 Å². The van der Waals surface area contributed by atoms with Gasteiger partial charge in [0, 0.05) is 18.0 Å². The minimum Gasteiger partial charge on any atom is -0.301 e. The molecule has 0 radical (unpaired) electrons. The van der Waals surface area contributed by atoms with Gasteiger partial charge in [-0.2, -0.15) is 5.10 Å². The zero-order valence-electron chi connectivity index (χ0n) is 12.1. The van der Waals surface area contributed by atoms with Crippen LogP contribution >= 0.6 is 46.7 Å². The highest BCUT2D eigenvalue weighted by Crippen LogP contribution is 2.25. The van der Waals surface area contributed by atoms with E-state index in [-0.39, 0.29) is 11.7 Å².